The Bertz CT molecular complexity index is 704. The van der Waals surface area contributed by atoms with E-state index in [0.29, 0.717) is 17.9 Å². The Labute approximate surface area is 119 Å². The van der Waals surface area contributed by atoms with E-state index >= 15 is 0 Å². The zero-order chi connectivity index (χ0) is 13.4. The number of rotatable bonds is 3. The zero-order valence-electron chi connectivity index (χ0n) is 10.3. The second kappa shape index (κ2) is 4.94. The van der Waals surface area contributed by atoms with Crippen LogP contribution in [0.25, 0.3) is 11.0 Å². The first-order valence-corrected chi connectivity index (χ1v) is 7.34. The maximum Gasteiger partial charge on any atom is 0.151 e. The van der Waals surface area contributed by atoms with Gasteiger partial charge < -0.3 is 4.57 Å². The van der Waals surface area contributed by atoms with Gasteiger partial charge in [-0.3, -0.25) is 0 Å². The summed E-state index contributed by atoms with van der Waals surface area (Å²) in [7, 11) is 0. The van der Waals surface area contributed by atoms with E-state index in [2.05, 4.69) is 16.4 Å². The molecule has 0 aliphatic heterocycles. The molecule has 0 bridgehead atoms. The summed E-state index contributed by atoms with van der Waals surface area (Å²) in [6.45, 7) is 2.51. The van der Waals surface area contributed by atoms with Crippen molar-refractivity contribution in [1.82, 2.24) is 9.55 Å². The van der Waals surface area contributed by atoms with Gasteiger partial charge in [0, 0.05) is 0 Å². The van der Waals surface area contributed by atoms with E-state index in [1.165, 1.54) is 11.6 Å². The fourth-order valence-corrected chi connectivity index (χ4v) is 2.99. The van der Waals surface area contributed by atoms with Crippen LogP contribution in [0.3, 0.4) is 0 Å². The highest BCUT2D eigenvalue weighted by Crippen LogP contribution is 2.27. The number of nitrogens with zero attached hydrogens (tertiary/aromatic N) is 2. The minimum Gasteiger partial charge on any atom is -0.322 e. The molecule has 1 aromatic carbocycles. The normalized spacial score (nSPS) is 13.0. The molecule has 1 atom stereocenters. The van der Waals surface area contributed by atoms with Gasteiger partial charge in [0.05, 0.1) is 17.4 Å². The van der Waals surface area contributed by atoms with Gasteiger partial charge >= 0.3 is 0 Å². The second-order valence-corrected chi connectivity index (χ2v) is 5.85. The van der Waals surface area contributed by atoms with E-state index in [1.807, 2.05) is 22.9 Å². The maximum atomic E-state index is 13.8. The molecular weight excluding hydrogens is 283 g/mol. The van der Waals surface area contributed by atoms with Crippen molar-refractivity contribution >= 4 is 34.0 Å². The average Bonchev–Trinajstić information content (AvgIpc) is 2.99. The molecule has 3 rings (SSSR count). The van der Waals surface area contributed by atoms with Crippen molar-refractivity contribution in [2.45, 2.75) is 18.8 Å². The summed E-state index contributed by atoms with van der Waals surface area (Å²) in [5, 5.41) is 3.84. The molecule has 2 heterocycles. The number of alkyl halides is 1. The molecule has 0 radical (unpaired) electrons. The van der Waals surface area contributed by atoms with Crippen LogP contribution in [0.5, 0.6) is 0 Å². The van der Waals surface area contributed by atoms with Crippen molar-refractivity contribution < 1.29 is 4.39 Å². The van der Waals surface area contributed by atoms with Gasteiger partial charge in [-0.2, -0.15) is 11.3 Å². The standard InChI is InChI=1S/C14H12ClFN2S/c1-9(15)14-17-13-11(16)3-2-4-12(13)18(14)7-10-5-6-19-8-10/h2-6,8-9H,7H2,1H3. The third-order valence-corrected chi connectivity index (χ3v) is 3.96. The molecular formula is C14H12ClFN2S. The highest BCUT2D eigenvalue weighted by atomic mass is 35.5. The Morgan fingerprint density at radius 1 is 1.42 bits per heavy atom. The molecule has 0 aliphatic carbocycles. The summed E-state index contributed by atoms with van der Waals surface area (Å²) in [5.41, 5.74) is 2.35. The molecule has 0 amide bonds. The molecule has 1 unspecified atom stereocenters. The van der Waals surface area contributed by atoms with Crippen LogP contribution in [-0.4, -0.2) is 9.55 Å². The Kier molecular flexibility index (Phi) is 3.29. The summed E-state index contributed by atoms with van der Waals surface area (Å²) in [4.78, 5) is 4.35. The zero-order valence-corrected chi connectivity index (χ0v) is 11.9. The molecule has 19 heavy (non-hydrogen) atoms. The van der Waals surface area contributed by atoms with Crippen molar-refractivity contribution in [3.8, 4) is 0 Å². The molecule has 0 saturated carbocycles. The Morgan fingerprint density at radius 3 is 2.95 bits per heavy atom. The smallest absolute Gasteiger partial charge is 0.151 e. The summed E-state index contributed by atoms with van der Waals surface area (Å²) >= 11 is 7.81. The molecule has 2 aromatic heterocycles. The predicted octanol–water partition coefficient (Wildman–Crippen LogP) is 4.59. The van der Waals surface area contributed by atoms with E-state index in [9.17, 15) is 4.39 Å². The lowest BCUT2D eigenvalue weighted by molar-refractivity contribution is 0.637. The molecule has 3 aromatic rings. The summed E-state index contributed by atoms with van der Waals surface area (Å²) in [6, 6.07) is 7.05. The predicted molar refractivity (Wildman–Crippen MR) is 77.4 cm³/mol. The van der Waals surface area contributed by atoms with Crippen molar-refractivity contribution in [3.63, 3.8) is 0 Å². The fourth-order valence-electron chi connectivity index (χ4n) is 2.17. The lowest BCUT2D eigenvalue weighted by Gasteiger charge is -2.09. The minimum absolute atomic E-state index is 0.259. The van der Waals surface area contributed by atoms with E-state index in [1.54, 1.807) is 17.4 Å². The third-order valence-electron chi connectivity index (χ3n) is 3.04. The maximum absolute atomic E-state index is 13.8. The van der Waals surface area contributed by atoms with E-state index in [0.717, 1.165) is 5.52 Å². The van der Waals surface area contributed by atoms with Crippen LogP contribution in [0.4, 0.5) is 4.39 Å². The first kappa shape index (κ1) is 12.6. The first-order chi connectivity index (χ1) is 9.16. The molecule has 98 valence electrons. The Hall–Kier alpha value is -1.39. The van der Waals surface area contributed by atoms with Gasteiger partial charge in [0.2, 0.25) is 0 Å². The number of benzene rings is 1. The van der Waals surface area contributed by atoms with Gasteiger partial charge in [-0.15, -0.1) is 11.6 Å². The van der Waals surface area contributed by atoms with Crippen LogP contribution in [-0.2, 0) is 6.54 Å². The first-order valence-electron chi connectivity index (χ1n) is 5.96. The molecule has 0 saturated heterocycles. The van der Waals surface area contributed by atoms with E-state index in [-0.39, 0.29) is 11.2 Å². The van der Waals surface area contributed by atoms with Crippen LogP contribution >= 0.6 is 22.9 Å². The largest absolute Gasteiger partial charge is 0.322 e. The SMILES string of the molecule is CC(Cl)c1nc2c(F)cccc2n1Cc1ccsc1. The van der Waals surface area contributed by atoms with Crippen molar-refractivity contribution in [2.75, 3.05) is 0 Å². The number of thiophene rings is 1. The lowest BCUT2D eigenvalue weighted by atomic mass is 10.3. The van der Waals surface area contributed by atoms with Crippen molar-refractivity contribution in [1.29, 1.82) is 0 Å². The summed E-state index contributed by atoms with van der Waals surface area (Å²) in [6.07, 6.45) is 0. The highest BCUT2D eigenvalue weighted by molar-refractivity contribution is 7.07. The molecule has 2 nitrogen and oxygen atoms in total. The monoisotopic (exact) mass is 294 g/mol. The van der Waals surface area contributed by atoms with Gasteiger partial charge in [0.25, 0.3) is 0 Å². The number of para-hydroxylation sites is 1. The quantitative estimate of drug-likeness (QED) is 0.646. The van der Waals surface area contributed by atoms with Crippen LogP contribution < -0.4 is 0 Å². The number of imidazole rings is 1. The molecule has 0 aliphatic rings. The lowest BCUT2D eigenvalue weighted by Crippen LogP contribution is -2.05. The van der Waals surface area contributed by atoms with Gasteiger partial charge in [0.15, 0.2) is 5.82 Å². The molecule has 0 N–H and O–H groups in total. The number of hydrogen-bond donors (Lipinski definition) is 0. The van der Waals surface area contributed by atoms with Crippen molar-refractivity contribution in [3.05, 3.63) is 52.2 Å². The molecule has 5 heteroatoms. The van der Waals surface area contributed by atoms with Gasteiger partial charge in [-0.1, -0.05) is 6.07 Å². The van der Waals surface area contributed by atoms with Gasteiger partial charge in [-0.05, 0) is 41.4 Å². The second-order valence-electron chi connectivity index (χ2n) is 4.41. The van der Waals surface area contributed by atoms with Crippen LogP contribution in [0.1, 0.15) is 23.7 Å². The number of fused-ring (bicyclic) bond motifs is 1. The fraction of sp³-hybridized carbons (Fsp3) is 0.214. The van der Waals surface area contributed by atoms with Crippen LogP contribution in [0.2, 0.25) is 0 Å². The van der Waals surface area contributed by atoms with Gasteiger partial charge in [0.1, 0.15) is 11.3 Å². The van der Waals surface area contributed by atoms with E-state index in [4.69, 9.17) is 11.6 Å². The summed E-state index contributed by atoms with van der Waals surface area (Å²) in [5.74, 6) is 0.396. The number of halogens is 2. The highest BCUT2D eigenvalue weighted by Gasteiger charge is 2.17. The topological polar surface area (TPSA) is 17.8 Å². The number of hydrogen-bond acceptors (Lipinski definition) is 2. The molecule has 0 fully saturated rings. The van der Waals surface area contributed by atoms with Crippen molar-refractivity contribution in [2.24, 2.45) is 0 Å². The van der Waals surface area contributed by atoms with Gasteiger partial charge in [-0.25, -0.2) is 9.37 Å². The average molecular weight is 295 g/mol. The molecule has 0 spiro atoms. The van der Waals surface area contributed by atoms with Crippen LogP contribution in [0.15, 0.2) is 35.0 Å². The Balaban J connectivity index is 2.19. The van der Waals surface area contributed by atoms with Crippen LogP contribution in [0, 0.1) is 5.82 Å². The van der Waals surface area contributed by atoms with E-state index < -0.39 is 0 Å². The Morgan fingerprint density at radius 2 is 2.26 bits per heavy atom. The summed E-state index contributed by atoms with van der Waals surface area (Å²) < 4.78 is 15.8. The third kappa shape index (κ3) is 2.26. The minimum atomic E-state index is -0.305. The number of aromatic nitrogens is 2.